The van der Waals surface area contributed by atoms with Crippen molar-refractivity contribution in [2.75, 3.05) is 6.54 Å². The first-order valence-corrected chi connectivity index (χ1v) is 4.95. The van der Waals surface area contributed by atoms with Crippen molar-refractivity contribution >= 4 is 5.91 Å². The molecule has 0 bridgehead atoms. The number of nitrogens with one attached hydrogen (secondary N) is 1. The summed E-state index contributed by atoms with van der Waals surface area (Å²) in [5, 5.41) is 2.85. The monoisotopic (exact) mass is 186 g/mol. The van der Waals surface area contributed by atoms with Gasteiger partial charge in [-0.2, -0.15) is 0 Å². The number of hydrogen-bond acceptors (Lipinski definition) is 2. The zero-order chi connectivity index (χ0) is 10.4. The van der Waals surface area contributed by atoms with Crippen LogP contribution in [-0.2, 0) is 4.79 Å². The highest BCUT2D eigenvalue weighted by atomic mass is 16.1. The van der Waals surface area contributed by atoms with E-state index < -0.39 is 0 Å². The van der Waals surface area contributed by atoms with E-state index in [-0.39, 0.29) is 11.9 Å². The first-order chi connectivity index (χ1) is 5.93. The number of carbonyl (C=O) groups excluding carboxylic acids is 1. The van der Waals surface area contributed by atoms with Crippen molar-refractivity contribution in [3.05, 3.63) is 0 Å². The second kappa shape index (κ2) is 5.97. The third-order valence-electron chi connectivity index (χ3n) is 1.98. The van der Waals surface area contributed by atoms with Crippen molar-refractivity contribution < 1.29 is 4.79 Å². The third-order valence-corrected chi connectivity index (χ3v) is 1.98. The molecule has 0 spiro atoms. The first kappa shape index (κ1) is 12.4. The SMILES string of the molecule is CC(C)CNC(=O)CC(N)C(C)C. The Balaban J connectivity index is 3.62. The predicted molar refractivity (Wildman–Crippen MR) is 55.3 cm³/mol. The zero-order valence-corrected chi connectivity index (χ0v) is 9.13. The van der Waals surface area contributed by atoms with Gasteiger partial charge < -0.3 is 11.1 Å². The Hall–Kier alpha value is -0.570. The smallest absolute Gasteiger partial charge is 0.221 e. The van der Waals surface area contributed by atoms with E-state index in [1.807, 2.05) is 13.8 Å². The minimum atomic E-state index is -0.0211. The highest BCUT2D eigenvalue weighted by molar-refractivity contribution is 5.76. The van der Waals surface area contributed by atoms with Crippen molar-refractivity contribution in [3.63, 3.8) is 0 Å². The van der Waals surface area contributed by atoms with Crippen molar-refractivity contribution in [3.8, 4) is 0 Å². The van der Waals surface area contributed by atoms with Gasteiger partial charge in [-0.1, -0.05) is 27.7 Å². The van der Waals surface area contributed by atoms with Crippen molar-refractivity contribution in [1.82, 2.24) is 5.32 Å². The average Bonchev–Trinajstić information content (AvgIpc) is 2.00. The van der Waals surface area contributed by atoms with Gasteiger partial charge >= 0.3 is 0 Å². The van der Waals surface area contributed by atoms with Crippen molar-refractivity contribution in [2.24, 2.45) is 17.6 Å². The Morgan fingerprint density at radius 2 is 1.85 bits per heavy atom. The Morgan fingerprint density at radius 3 is 2.23 bits per heavy atom. The summed E-state index contributed by atoms with van der Waals surface area (Å²) in [6, 6.07) is -0.0211. The molecule has 0 aliphatic rings. The molecule has 0 heterocycles. The van der Waals surface area contributed by atoms with Crippen LogP contribution < -0.4 is 11.1 Å². The lowest BCUT2D eigenvalue weighted by atomic mass is 10.0. The molecule has 0 saturated heterocycles. The molecule has 0 aromatic carbocycles. The molecule has 78 valence electrons. The Labute approximate surface area is 81.1 Å². The van der Waals surface area contributed by atoms with E-state index >= 15 is 0 Å². The Bertz CT molecular complexity index is 155. The summed E-state index contributed by atoms with van der Waals surface area (Å²) < 4.78 is 0. The molecule has 1 unspecified atom stereocenters. The molecule has 0 rings (SSSR count). The molecule has 3 nitrogen and oxygen atoms in total. The van der Waals surface area contributed by atoms with E-state index in [1.165, 1.54) is 0 Å². The molecule has 1 amide bonds. The maximum Gasteiger partial charge on any atom is 0.221 e. The molecular formula is C10H22N2O. The Morgan fingerprint density at radius 1 is 1.31 bits per heavy atom. The summed E-state index contributed by atoms with van der Waals surface area (Å²) >= 11 is 0. The van der Waals surface area contributed by atoms with Crippen LogP contribution in [0.5, 0.6) is 0 Å². The highest BCUT2D eigenvalue weighted by Gasteiger charge is 2.12. The lowest BCUT2D eigenvalue weighted by Gasteiger charge is -2.15. The van der Waals surface area contributed by atoms with E-state index in [0.717, 1.165) is 6.54 Å². The van der Waals surface area contributed by atoms with Crippen LogP contribution in [0.4, 0.5) is 0 Å². The van der Waals surface area contributed by atoms with E-state index in [0.29, 0.717) is 18.3 Å². The van der Waals surface area contributed by atoms with Crippen molar-refractivity contribution in [1.29, 1.82) is 0 Å². The summed E-state index contributed by atoms with van der Waals surface area (Å²) in [7, 11) is 0. The molecule has 0 aromatic rings. The van der Waals surface area contributed by atoms with Crippen LogP contribution in [0.25, 0.3) is 0 Å². The molecule has 0 fully saturated rings. The number of amides is 1. The summed E-state index contributed by atoms with van der Waals surface area (Å²) in [5.41, 5.74) is 5.76. The fourth-order valence-corrected chi connectivity index (χ4v) is 0.840. The second-order valence-corrected chi connectivity index (χ2v) is 4.31. The van der Waals surface area contributed by atoms with Crippen LogP contribution in [0, 0.1) is 11.8 Å². The fourth-order valence-electron chi connectivity index (χ4n) is 0.840. The van der Waals surface area contributed by atoms with E-state index in [1.54, 1.807) is 0 Å². The molecule has 0 saturated carbocycles. The van der Waals surface area contributed by atoms with E-state index in [4.69, 9.17) is 5.73 Å². The molecule has 0 aliphatic heterocycles. The fraction of sp³-hybridized carbons (Fsp3) is 0.900. The van der Waals surface area contributed by atoms with Gasteiger partial charge in [0.2, 0.25) is 5.91 Å². The number of hydrogen-bond donors (Lipinski definition) is 2. The van der Waals surface area contributed by atoms with Gasteiger partial charge in [0, 0.05) is 19.0 Å². The number of rotatable bonds is 5. The zero-order valence-electron chi connectivity index (χ0n) is 9.13. The maximum absolute atomic E-state index is 11.3. The standard InChI is InChI=1S/C10H22N2O/c1-7(2)6-12-10(13)5-9(11)8(3)4/h7-9H,5-6,11H2,1-4H3,(H,12,13). The maximum atomic E-state index is 11.3. The van der Waals surface area contributed by atoms with Gasteiger partial charge in [0.1, 0.15) is 0 Å². The number of carbonyl (C=O) groups is 1. The lowest BCUT2D eigenvalue weighted by Crippen LogP contribution is -2.36. The second-order valence-electron chi connectivity index (χ2n) is 4.31. The lowest BCUT2D eigenvalue weighted by molar-refractivity contribution is -0.121. The number of nitrogens with two attached hydrogens (primary N) is 1. The molecule has 0 aliphatic carbocycles. The Kier molecular flexibility index (Phi) is 5.71. The summed E-state index contributed by atoms with van der Waals surface area (Å²) in [6.45, 7) is 8.94. The normalized spacial score (nSPS) is 13.5. The van der Waals surface area contributed by atoms with Gasteiger partial charge in [-0.15, -0.1) is 0 Å². The van der Waals surface area contributed by atoms with Gasteiger partial charge in [-0.05, 0) is 11.8 Å². The minimum Gasteiger partial charge on any atom is -0.356 e. The molecule has 3 N–H and O–H groups in total. The summed E-state index contributed by atoms with van der Waals surface area (Å²) in [6.07, 6.45) is 0.435. The quantitative estimate of drug-likeness (QED) is 0.676. The van der Waals surface area contributed by atoms with E-state index in [2.05, 4.69) is 19.2 Å². The van der Waals surface area contributed by atoms with Crippen LogP contribution in [0.15, 0.2) is 0 Å². The highest BCUT2D eigenvalue weighted by Crippen LogP contribution is 2.02. The van der Waals surface area contributed by atoms with Gasteiger partial charge in [0.05, 0.1) is 0 Å². The van der Waals surface area contributed by atoms with Crippen molar-refractivity contribution in [2.45, 2.75) is 40.2 Å². The summed E-state index contributed by atoms with van der Waals surface area (Å²) in [4.78, 5) is 11.3. The minimum absolute atomic E-state index is 0.0211. The average molecular weight is 186 g/mol. The molecule has 13 heavy (non-hydrogen) atoms. The van der Waals surface area contributed by atoms with E-state index in [9.17, 15) is 4.79 Å². The third kappa shape index (κ3) is 6.58. The van der Waals surface area contributed by atoms with Crippen LogP contribution in [0.1, 0.15) is 34.1 Å². The van der Waals surface area contributed by atoms with Gasteiger partial charge in [-0.25, -0.2) is 0 Å². The van der Waals surface area contributed by atoms with Gasteiger partial charge in [-0.3, -0.25) is 4.79 Å². The first-order valence-electron chi connectivity index (χ1n) is 4.95. The van der Waals surface area contributed by atoms with Gasteiger partial charge in [0.15, 0.2) is 0 Å². The van der Waals surface area contributed by atoms with Crippen LogP contribution in [0.3, 0.4) is 0 Å². The van der Waals surface area contributed by atoms with Crippen LogP contribution in [-0.4, -0.2) is 18.5 Å². The van der Waals surface area contributed by atoms with Crippen LogP contribution >= 0.6 is 0 Å². The van der Waals surface area contributed by atoms with Gasteiger partial charge in [0.25, 0.3) is 0 Å². The summed E-state index contributed by atoms with van der Waals surface area (Å²) in [5.74, 6) is 0.930. The molecule has 0 aromatic heterocycles. The molecule has 3 heteroatoms. The molecule has 0 radical (unpaired) electrons. The van der Waals surface area contributed by atoms with Crippen LogP contribution in [0.2, 0.25) is 0 Å². The largest absolute Gasteiger partial charge is 0.356 e. The molecular weight excluding hydrogens is 164 g/mol. The molecule has 1 atom stereocenters. The topological polar surface area (TPSA) is 55.1 Å². The predicted octanol–water partition coefficient (Wildman–Crippen LogP) is 1.13.